The predicted octanol–water partition coefficient (Wildman–Crippen LogP) is 1.60. The van der Waals surface area contributed by atoms with Crippen molar-refractivity contribution in [3.05, 3.63) is 60.2 Å². The number of aliphatic hydroxyl groups excluding tert-OH is 1. The maximum atomic E-state index is 12.2. The highest BCUT2D eigenvalue weighted by molar-refractivity contribution is 7.92. The van der Waals surface area contributed by atoms with Gasteiger partial charge in [0.1, 0.15) is 0 Å². The summed E-state index contributed by atoms with van der Waals surface area (Å²) in [6.07, 6.45) is -0.629. The first kappa shape index (κ1) is 17.0. The van der Waals surface area contributed by atoms with Crippen LogP contribution in [0.2, 0.25) is 0 Å². The standard InChI is InChI=1S/C16H18N2O4S/c1-12(19)11-17-16(20)13-7-9-14(10-8-13)18-23(21,22)15-5-3-2-4-6-15/h2-10,12,18-19H,11H2,1H3,(H,17,20). The van der Waals surface area contributed by atoms with E-state index in [1.165, 1.54) is 36.4 Å². The Morgan fingerprint density at radius 1 is 1.09 bits per heavy atom. The molecule has 23 heavy (non-hydrogen) atoms. The van der Waals surface area contributed by atoms with Gasteiger partial charge in [-0.05, 0) is 43.3 Å². The second kappa shape index (κ2) is 7.26. The molecule has 0 aliphatic carbocycles. The summed E-state index contributed by atoms with van der Waals surface area (Å²) in [5, 5.41) is 11.7. The Morgan fingerprint density at radius 2 is 1.70 bits per heavy atom. The fraction of sp³-hybridized carbons (Fsp3) is 0.188. The van der Waals surface area contributed by atoms with Gasteiger partial charge in [-0.15, -0.1) is 0 Å². The molecule has 0 heterocycles. The van der Waals surface area contributed by atoms with E-state index in [2.05, 4.69) is 10.0 Å². The minimum Gasteiger partial charge on any atom is -0.392 e. The Kier molecular flexibility index (Phi) is 5.36. The zero-order valence-electron chi connectivity index (χ0n) is 12.6. The van der Waals surface area contributed by atoms with Crippen LogP contribution in [0.25, 0.3) is 0 Å². The summed E-state index contributed by atoms with van der Waals surface area (Å²) in [7, 11) is -3.65. The van der Waals surface area contributed by atoms with Gasteiger partial charge in [-0.25, -0.2) is 8.42 Å². The van der Waals surface area contributed by atoms with Crippen LogP contribution in [-0.4, -0.2) is 32.1 Å². The van der Waals surface area contributed by atoms with Crippen LogP contribution < -0.4 is 10.0 Å². The molecule has 122 valence electrons. The third-order valence-corrected chi connectivity index (χ3v) is 4.41. The lowest BCUT2D eigenvalue weighted by Crippen LogP contribution is -2.30. The van der Waals surface area contributed by atoms with Crippen molar-refractivity contribution in [1.29, 1.82) is 0 Å². The summed E-state index contributed by atoms with van der Waals surface area (Å²) in [6, 6.07) is 14.1. The number of aliphatic hydroxyl groups is 1. The first-order valence-corrected chi connectivity index (χ1v) is 8.51. The minimum absolute atomic E-state index is 0.154. The molecule has 3 N–H and O–H groups in total. The quantitative estimate of drug-likeness (QED) is 0.748. The first-order chi connectivity index (χ1) is 10.9. The van der Waals surface area contributed by atoms with Crippen LogP contribution in [-0.2, 0) is 10.0 Å². The highest BCUT2D eigenvalue weighted by atomic mass is 32.2. The normalized spacial score (nSPS) is 12.4. The van der Waals surface area contributed by atoms with Gasteiger partial charge in [-0.3, -0.25) is 9.52 Å². The first-order valence-electron chi connectivity index (χ1n) is 7.03. The van der Waals surface area contributed by atoms with Crippen LogP contribution in [0, 0.1) is 0 Å². The molecule has 0 aromatic heterocycles. The summed E-state index contributed by atoms with van der Waals surface area (Å²) >= 11 is 0. The molecule has 0 fully saturated rings. The lowest BCUT2D eigenvalue weighted by atomic mass is 10.2. The van der Waals surface area contributed by atoms with Crippen LogP contribution >= 0.6 is 0 Å². The van der Waals surface area contributed by atoms with Gasteiger partial charge in [0.05, 0.1) is 11.0 Å². The van der Waals surface area contributed by atoms with Crippen molar-refractivity contribution < 1.29 is 18.3 Å². The van der Waals surface area contributed by atoms with Gasteiger partial charge in [-0.1, -0.05) is 18.2 Å². The molecule has 2 aromatic rings. The number of carbonyl (C=O) groups excluding carboxylic acids is 1. The maximum absolute atomic E-state index is 12.2. The molecule has 0 spiro atoms. The number of nitrogens with one attached hydrogen (secondary N) is 2. The van der Waals surface area contributed by atoms with E-state index in [9.17, 15) is 13.2 Å². The number of carbonyl (C=O) groups is 1. The molecule has 7 heteroatoms. The minimum atomic E-state index is -3.65. The molecule has 6 nitrogen and oxygen atoms in total. The monoisotopic (exact) mass is 334 g/mol. The van der Waals surface area contributed by atoms with Gasteiger partial charge in [0.2, 0.25) is 0 Å². The third-order valence-electron chi connectivity index (χ3n) is 3.01. The smallest absolute Gasteiger partial charge is 0.261 e. The molecule has 0 saturated heterocycles. The average molecular weight is 334 g/mol. The molecule has 2 aromatic carbocycles. The van der Waals surface area contributed by atoms with E-state index >= 15 is 0 Å². The number of amides is 1. The summed E-state index contributed by atoms with van der Waals surface area (Å²) in [4.78, 5) is 12.0. The Hall–Kier alpha value is -2.38. The van der Waals surface area contributed by atoms with Crippen molar-refractivity contribution in [2.75, 3.05) is 11.3 Å². The van der Waals surface area contributed by atoms with Gasteiger partial charge in [-0.2, -0.15) is 0 Å². The number of sulfonamides is 1. The second-order valence-electron chi connectivity index (χ2n) is 5.05. The number of hydrogen-bond acceptors (Lipinski definition) is 4. The summed E-state index contributed by atoms with van der Waals surface area (Å²) in [5.41, 5.74) is 0.745. The molecule has 0 aliphatic heterocycles. The zero-order chi connectivity index (χ0) is 16.9. The SMILES string of the molecule is CC(O)CNC(=O)c1ccc(NS(=O)(=O)c2ccccc2)cc1. The molecular weight excluding hydrogens is 316 g/mol. The molecule has 0 saturated carbocycles. The van der Waals surface area contributed by atoms with Gasteiger partial charge < -0.3 is 10.4 Å². The van der Waals surface area contributed by atoms with E-state index in [4.69, 9.17) is 5.11 Å². The van der Waals surface area contributed by atoms with Crippen molar-refractivity contribution in [2.24, 2.45) is 0 Å². The summed E-state index contributed by atoms with van der Waals surface area (Å²) in [5.74, 6) is -0.330. The molecule has 2 rings (SSSR count). The van der Waals surface area contributed by atoms with E-state index in [1.54, 1.807) is 25.1 Å². The molecular formula is C16H18N2O4S. The number of rotatable bonds is 6. The van der Waals surface area contributed by atoms with Gasteiger partial charge in [0, 0.05) is 17.8 Å². The Labute approximate surface area is 135 Å². The van der Waals surface area contributed by atoms with Crippen LogP contribution in [0.3, 0.4) is 0 Å². The summed E-state index contributed by atoms with van der Waals surface area (Å²) in [6.45, 7) is 1.73. The highest BCUT2D eigenvalue weighted by Crippen LogP contribution is 2.16. The zero-order valence-corrected chi connectivity index (χ0v) is 13.4. The van der Waals surface area contributed by atoms with Crippen molar-refractivity contribution in [2.45, 2.75) is 17.9 Å². The van der Waals surface area contributed by atoms with Crippen LogP contribution in [0.4, 0.5) is 5.69 Å². The topological polar surface area (TPSA) is 95.5 Å². The lowest BCUT2D eigenvalue weighted by Gasteiger charge is -2.10. The third kappa shape index (κ3) is 4.80. The van der Waals surface area contributed by atoms with Crippen LogP contribution in [0.1, 0.15) is 17.3 Å². The predicted molar refractivity (Wildman–Crippen MR) is 87.7 cm³/mol. The van der Waals surface area contributed by atoms with E-state index < -0.39 is 16.1 Å². The fourth-order valence-corrected chi connectivity index (χ4v) is 2.93. The molecule has 0 bridgehead atoms. The Bertz CT molecular complexity index is 756. The van der Waals surface area contributed by atoms with Gasteiger partial charge >= 0.3 is 0 Å². The van der Waals surface area contributed by atoms with E-state index in [0.717, 1.165) is 0 Å². The number of benzene rings is 2. The second-order valence-corrected chi connectivity index (χ2v) is 6.74. The molecule has 0 aliphatic rings. The van der Waals surface area contributed by atoms with Crippen molar-refractivity contribution in [3.63, 3.8) is 0 Å². The van der Waals surface area contributed by atoms with Crippen molar-refractivity contribution in [3.8, 4) is 0 Å². The molecule has 1 unspecified atom stereocenters. The Morgan fingerprint density at radius 3 is 2.26 bits per heavy atom. The number of hydrogen-bond donors (Lipinski definition) is 3. The van der Waals surface area contributed by atoms with Crippen LogP contribution in [0.15, 0.2) is 59.5 Å². The Balaban J connectivity index is 2.07. The average Bonchev–Trinajstić information content (AvgIpc) is 2.54. The van der Waals surface area contributed by atoms with Gasteiger partial charge in [0.15, 0.2) is 0 Å². The summed E-state index contributed by atoms with van der Waals surface area (Å²) < 4.78 is 26.8. The van der Waals surface area contributed by atoms with E-state index in [0.29, 0.717) is 11.3 Å². The highest BCUT2D eigenvalue weighted by Gasteiger charge is 2.13. The van der Waals surface area contributed by atoms with E-state index in [1.807, 2.05) is 0 Å². The van der Waals surface area contributed by atoms with Crippen LogP contribution in [0.5, 0.6) is 0 Å². The fourth-order valence-electron chi connectivity index (χ4n) is 1.85. The molecule has 1 atom stereocenters. The largest absolute Gasteiger partial charge is 0.392 e. The van der Waals surface area contributed by atoms with Crippen molar-refractivity contribution in [1.82, 2.24) is 5.32 Å². The van der Waals surface area contributed by atoms with Gasteiger partial charge in [0.25, 0.3) is 15.9 Å². The van der Waals surface area contributed by atoms with E-state index in [-0.39, 0.29) is 17.3 Å². The van der Waals surface area contributed by atoms with Crippen molar-refractivity contribution >= 4 is 21.6 Å². The molecule has 1 amide bonds. The maximum Gasteiger partial charge on any atom is 0.261 e. The lowest BCUT2D eigenvalue weighted by molar-refractivity contribution is 0.0924. The number of anilines is 1. The molecule has 0 radical (unpaired) electrons.